The Balaban J connectivity index is 1.55. The number of ether oxygens (including phenoxy) is 1. The topological polar surface area (TPSA) is 99.8 Å². The third-order valence-corrected chi connectivity index (χ3v) is 6.33. The van der Waals surface area contributed by atoms with Crippen LogP contribution in [0.15, 0.2) is 0 Å². The molecule has 3 N–H and O–H groups in total. The number of alkyl carbamates (subject to hydrolysis) is 1. The third kappa shape index (κ3) is 4.47. The molecule has 0 bridgehead atoms. The van der Waals surface area contributed by atoms with Gasteiger partial charge in [-0.1, -0.05) is 11.8 Å². The lowest BCUT2D eigenvalue weighted by Crippen LogP contribution is -2.50. The average Bonchev–Trinajstić information content (AvgIpc) is 3.20. The van der Waals surface area contributed by atoms with E-state index in [9.17, 15) is 18.8 Å². The van der Waals surface area contributed by atoms with Crippen molar-refractivity contribution in [2.75, 3.05) is 19.7 Å². The molecular weight excluding hydrogens is 363 g/mol. The van der Waals surface area contributed by atoms with Gasteiger partial charge in [0, 0.05) is 31.5 Å². The van der Waals surface area contributed by atoms with Crippen LogP contribution < -0.4 is 16.1 Å². The van der Waals surface area contributed by atoms with Crippen LogP contribution in [-0.2, 0) is 14.3 Å². The molecule has 3 aliphatic rings. The van der Waals surface area contributed by atoms with Gasteiger partial charge in [-0.2, -0.15) is 0 Å². The molecule has 3 rings (SSSR count). The van der Waals surface area contributed by atoms with Crippen molar-refractivity contribution in [2.45, 2.75) is 49.5 Å². The van der Waals surface area contributed by atoms with Crippen molar-refractivity contribution in [3.05, 3.63) is 0 Å². The van der Waals surface area contributed by atoms with Crippen molar-refractivity contribution in [1.82, 2.24) is 21.1 Å². The van der Waals surface area contributed by atoms with Crippen LogP contribution in [0.3, 0.4) is 0 Å². The van der Waals surface area contributed by atoms with E-state index in [-0.39, 0.29) is 24.9 Å². The van der Waals surface area contributed by atoms with Crippen LogP contribution in [-0.4, -0.2) is 59.5 Å². The highest BCUT2D eigenvalue weighted by Gasteiger charge is 2.43. The van der Waals surface area contributed by atoms with Crippen LogP contribution in [0.1, 0.15) is 32.6 Å². The van der Waals surface area contributed by atoms with E-state index in [0.29, 0.717) is 6.04 Å². The number of hydrogen-bond donors (Lipinski definition) is 3. The number of carbonyl (C=O) groups is 3. The number of halogens is 1. The molecule has 0 spiro atoms. The molecule has 3 saturated heterocycles. The maximum Gasteiger partial charge on any atom is 0.413 e. The first-order chi connectivity index (χ1) is 12.5. The Kier molecular flexibility index (Phi) is 6.36. The number of hydrazine groups is 1. The molecule has 5 unspecified atom stereocenters. The molecule has 3 amide bonds. The summed E-state index contributed by atoms with van der Waals surface area (Å²) < 4.78 is 18.5. The number of imide groups is 1. The van der Waals surface area contributed by atoms with Gasteiger partial charge in [0.25, 0.3) is 0 Å². The van der Waals surface area contributed by atoms with Gasteiger partial charge in [-0.25, -0.2) is 14.2 Å². The van der Waals surface area contributed by atoms with Crippen LogP contribution >= 0.6 is 11.8 Å². The zero-order chi connectivity index (χ0) is 18.7. The summed E-state index contributed by atoms with van der Waals surface area (Å²) in [6.45, 7) is 3.50. The quantitative estimate of drug-likeness (QED) is 0.653. The van der Waals surface area contributed by atoms with Crippen LogP contribution in [0, 0.1) is 11.8 Å². The fourth-order valence-electron chi connectivity index (χ4n) is 3.78. The summed E-state index contributed by atoms with van der Waals surface area (Å²) in [6, 6.07) is 0.354. The van der Waals surface area contributed by atoms with Crippen molar-refractivity contribution in [3.63, 3.8) is 0 Å². The van der Waals surface area contributed by atoms with E-state index in [1.165, 1.54) is 0 Å². The maximum atomic E-state index is 13.8. The lowest BCUT2D eigenvalue weighted by molar-refractivity contribution is -0.128. The Morgan fingerprint density at radius 2 is 2.08 bits per heavy atom. The van der Waals surface area contributed by atoms with Gasteiger partial charge in [0.05, 0.1) is 17.9 Å². The predicted octanol–water partition coefficient (Wildman–Crippen LogP) is 0.739. The highest BCUT2D eigenvalue weighted by Crippen LogP contribution is 2.38. The molecule has 146 valence electrons. The van der Waals surface area contributed by atoms with E-state index >= 15 is 0 Å². The molecule has 8 nitrogen and oxygen atoms in total. The number of alkyl halides is 1. The molecule has 0 aromatic rings. The number of nitrogens with zero attached hydrogens (tertiary/aromatic N) is 1. The number of fused-ring (bicyclic) bond motifs is 1. The van der Waals surface area contributed by atoms with Crippen molar-refractivity contribution >= 4 is 29.7 Å². The van der Waals surface area contributed by atoms with E-state index < -0.39 is 28.8 Å². The molecule has 3 aliphatic heterocycles. The lowest BCUT2D eigenvalue weighted by atomic mass is 9.90. The highest BCUT2D eigenvalue weighted by molar-refractivity contribution is 8.00. The normalized spacial score (nSPS) is 34.2. The Morgan fingerprint density at radius 3 is 2.85 bits per heavy atom. The molecule has 3 heterocycles. The van der Waals surface area contributed by atoms with Crippen LogP contribution in [0.2, 0.25) is 0 Å². The van der Waals surface area contributed by atoms with Gasteiger partial charge in [0.2, 0.25) is 11.8 Å². The minimum Gasteiger partial charge on any atom is -0.450 e. The summed E-state index contributed by atoms with van der Waals surface area (Å²) in [5.41, 5.74) is 2.05. The molecule has 26 heavy (non-hydrogen) atoms. The zero-order valence-electron chi connectivity index (χ0n) is 14.7. The fourth-order valence-corrected chi connectivity index (χ4v) is 5.02. The number of hydrogen-bond acceptors (Lipinski definition) is 7. The molecule has 10 heteroatoms. The summed E-state index contributed by atoms with van der Waals surface area (Å²) in [7, 11) is 0. The van der Waals surface area contributed by atoms with E-state index in [1.807, 2.05) is 0 Å². The zero-order valence-corrected chi connectivity index (χ0v) is 15.5. The van der Waals surface area contributed by atoms with Gasteiger partial charge in [-0.3, -0.25) is 20.3 Å². The van der Waals surface area contributed by atoms with Crippen molar-refractivity contribution < 1.29 is 23.5 Å². The summed E-state index contributed by atoms with van der Waals surface area (Å²) in [5, 5.41) is 6.44. The van der Waals surface area contributed by atoms with Gasteiger partial charge in [-0.15, -0.1) is 0 Å². The smallest absolute Gasteiger partial charge is 0.413 e. The molecular formula is C16H25FN4O4S. The molecule has 0 radical (unpaired) electrons. The van der Waals surface area contributed by atoms with Gasteiger partial charge in [-0.05, 0) is 26.2 Å². The van der Waals surface area contributed by atoms with Gasteiger partial charge in [0.1, 0.15) is 5.50 Å². The maximum absolute atomic E-state index is 13.8. The number of nitrogens with one attached hydrogen (secondary N) is 3. The molecule has 0 aromatic carbocycles. The first kappa shape index (κ1) is 19.4. The van der Waals surface area contributed by atoms with Crippen LogP contribution in [0.5, 0.6) is 0 Å². The Labute approximate surface area is 155 Å². The minimum absolute atomic E-state index is 0.0359. The molecule has 3 fully saturated rings. The van der Waals surface area contributed by atoms with E-state index in [2.05, 4.69) is 25.8 Å². The second-order valence-corrected chi connectivity index (χ2v) is 8.08. The van der Waals surface area contributed by atoms with Crippen LogP contribution in [0.4, 0.5) is 9.18 Å². The van der Waals surface area contributed by atoms with Gasteiger partial charge >= 0.3 is 6.09 Å². The van der Waals surface area contributed by atoms with Gasteiger partial charge < -0.3 is 10.1 Å². The number of carbonyl (C=O) groups excluding carboxylic acids is 3. The summed E-state index contributed by atoms with van der Waals surface area (Å²) in [6.07, 6.45) is 1.61. The predicted molar refractivity (Wildman–Crippen MR) is 93.5 cm³/mol. The first-order valence-electron chi connectivity index (χ1n) is 9.05. The van der Waals surface area contributed by atoms with Gasteiger partial charge in [0.15, 0.2) is 0 Å². The van der Waals surface area contributed by atoms with E-state index in [4.69, 9.17) is 0 Å². The lowest BCUT2D eigenvalue weighted by Gasteiger charge is -2.34. The third-order valence-electron chi connectivity index (χ3n) is 5.10. The van der Waals surface area contributed by atoms with Crippen molar-refractivity contribution in [2.24, 2.45) is 11.8 Å². The van der Waals surface area contributed by atoms with Crippen LogP contribution in [0.25, 0.3) is 0 Å². The number of rotatable bonds is 4. The van der Waals surface area contributed by atoms with E-state index in [0.717, 1.165) is 44.1 Å². The highest BCUT2D eigenvalue weighted by atomic mass is 32.2. The summed E-state index contributed by atoms with van der Waals surface area (Å²) >= 11 is 0.920. The van der Waals surface area contributed by atoms with Crippen molar-refractivity contribution in [1.29, 1.82) is 0 Å². The Bertz CT molecular complexity index is 566. The molecule has 5 atom stereocenters. The SMILES string of the molecule is CCOC(=O)NC(=O)C1CC(F)SC1NC(=O)C1CCN2NCCC2C1. The number of piperidine rings is 1. The molecule has 0 aromatic heterocycles. The average molecular weight is 388 g/mol. The molecule has 0 aliphatic carbocycles. The second kappa shape index (κ2) is 8.53. The number of thioether (sulfide) groups is 1. The Hall–Kier alpha value is -1.39. The monoisotopic (exact) mass is 388 g/mol. The fraction of sp³-hybridized carbons (Fsp3) is 0.812. The molecule has 0 saturated carbocycles. The number of amides is 3. The first-order valence-corrected chi connectivity index (χ1v) is 10.00. The Morgan fingerprint density at radius 1 is 1.27 bits per heavy atom. The summed E-state index contributed by atoms with van der Waals surface area (Å²) in [4.78, 5) is 36.3. The van der Waals surface area contributed by atoms with E-state index in [1.54, 1.807) is 6.92 Å². The summed E-state index contributed by atoms with van der Waals surface area (Å²) in [5.74, 6) is -1.69. The second-order valence-electron chi connectivity index (χ2n) is 6.79. The minimum atomic E-state index is -1.25. The largest absolute Gasteiger partial charge is 0.450 e. The van der Waals surface area contributed by atoms with Crippen molar-refractivity contribution in [3.8, 4) is 0 Å². The standard InChI is InChI=1S/C16H25FN4O4S/c1-2-25-16(24)20-14(23)11-8-12(17)26-15(11)19-13(22)9-4-6-21-10(7-9)3-5-18-21/h9-12,15,18H,2-8H2,1H3,(H,19,22)(H,20,23,24).